The SMILES string of the molecule is NC(=O)c1c(/N=c2\oc3ccc(Br)cc3cc2-c2nc3ccccc3[nH]2)sc2c1CCCC2. The van der Waals surface area contributed by atoms with Crippen LogP contribution in [0.5, 0.6) is 0 Å². The van der Waals surface area contributed by atoms with E-state index in [2.05, 4.69) is 20.9 Å². The molecular weight excluding hydrogens is 500 g/mol. The van der Waals surface area contributed by atoms with Crippen LogP contribution in [0.15, 0.2) is 62.4 Å². The van der Waals surface area contributed by atoms with Gasteiger partial charge in [-0.15, -0.1) is 11.3 Å². The fourth-order valence-electron chi connectivity index (χ4n) is 4.41. The molecule has 3 aromatic heterocycles. The van der Waals surface area contributed by atoms with Crippen LogP contribution in [-0.4, -0.2) is 15.9 Å². The summed E-state index contributed by atoms with van der Waals surface area (Å²) in [7, 11) is 0. The maximum atomic E-state index is 12.4. The van der Waals surface area contributed by atoms with Crippen LogP contribution in [0.2, 0.25) is 0 Å². The molecule has 0 radical (unpaired) electrons. The first-order valence-corrected chi connectivity index (χ1v) is 12.4. The molecule has 3 N–H and O–H groups in total. The molecule has 1 amide bonds. The third-order valence-electron chi connectivity index (χ3n) is 5.96. The number of carbonyl (C=O) groups excluding carboxylic acids is 1. The van der Waals surface area contributed by atoms with Gasteiger partial charge < -0.3 is 15.1 Å². The first kappa shape index (κ1) is 20.4. The second-order valence-corrected chi connectivity index (χ2v) is 10.1. The first-order chi connectivity index (χ1) is 16.1. The van der Waals surface area contributed by atoms with Crippen molar-refractivity contribution < 1.29 is 9.21 Å². The monoisotopic (exact) mass is 518 g/mol. The van der Waals surface area contributed by atoms with E-state index in [0.29, 0.717) is 27.5 Å². The van der Waals surface area contributed by atoms with E-state index in [1.54, 1.807) is 0 Å². The Bertz CT molecular complexity index is 1600. The predicted octanol–water partition coefficient (Wildman–Crippen LogP) is 6.01. The van der Waals surface area contributed by atoms with Gasteiger partial charge in [0.05, 0.1) is 22.2 Å². The molecule has 0 spiro atoms. The van der Waals surface area contributed by atoms with Crippen molar-refractivity contribution in [2.24, 2.45) is 10.7 Å². The highest BCUT2D eigenvalue weighted by Gasteiger charge is 2.24. The van der Waals surface area contributed by atoms with Crippen LogP contribution >= 0.6 is 27.3 Å². The topological polar surface area (TPSA) is 97.3 Å². The molecule has 6 rings (SSSR count). The highest BCUT2D eigenvalue weighted by molar-refractivity contribution is 9.10. The number of thiophene rings is 1. The van der Waals surface area contributed by atoms with Crippen molar-refractivity contribution in [2.45, 2.75) is 25.7 Å². The number of halogens is 1. The van der Waals surface area contributed by atoms with E-state index >= 15 is 0 Å². The van der Waals surface area contributed by atoms with Gasteiger partial charge in [0.25, 0.3) is 5.91 Å². The summed E-state index contributed by atoms with van der Waals surface area (Å²) in [4.78, 5) is 26.6. The van der Waals surface area contributed by atoms with Crippen molar-refractivity contribution in [3.63, 3.8) is 0 Å². The van der Waals surface area contributed by atoms with Crippen LogP contribution in [0, 0.1) is 0 Å². The van der Waals surface area contributed by atoms with Gasteiger partial charge in [-0.1, -0.05) is 28.1 Å². The average molecular weight is 519 g/mol. The number of rotatable bonds is 3. The standard InChI is InChI=1S/C25H19BrN4O2S/c26-14-9-10-19-13(11-14)12-16(23-28-17-6-2-3-7-18(17)29-23)24(32-19)30-25-21(22(27)31)15-5-1-4-8-20(15)33-25/h2-3,6-7,9-12H,1,4-5,8H2,(H2,27,31)(H,28,29)/b30-24-. The maximum Gasteiger partial charge on any atom is 0.252 e. The molecule has 2 aromatic carbocycles. The van der Waals surface area contributed by atoms with Crippen molar-refractivity contribution in [2.75, 3.05) is 0 Å². The van der Waals surface area contributed by atoms with Crippen LogP contribution in [0.25, 0.3) is 33.4 Å². The highest BCUT2D eigenvalue weighted by atomic mass is 79.9. The number of fused-ring (bicyclic) bond motifs is 3. The van der Waals surface area contributed by atoms with Crippen LogP contribution in [-0.2, 0) is 12.8 Å². The van der Waals surface area contributed by atoms with Crippen molar-refractivity contribution in [1.29, 1.82) is 0 Å². The van der Waals surface area contributed by atoms with Gasteiger partial charge in [0.15, 0.2) is 0 Å². The summed E-state index contributed by atoms with van der Waals surface area (Å²) in [5.41, 5.74) is 11.0. The molecule has 6 nitrogen and oxygen atoms in total. The molecule has 0 aliphatic heterocycles. The number of aryl methyl sites for hydroxylation is 1. The number of hydrogen-bond acceptors (Lipinski definition) is 5. The Morgan fingerprint density at radius 1 is 1.15 bits per heavy atom. The molecule has 0 saturated carbocycles. The third kappa shape index (κ3) is 3.59. The molecule has 0 unspecified atom stereocenters. The van der Waals surface area contributed by atoms with Gasteiger partial charge in [0.2, 0.25) is 5.55 Å². The Balaban J connectivity index is 1.65. The lowest BCUT2D eigenvalue weighted by molar-refractivity contribution is 0.1000. The summed E-state index contributed by atoms with van der Waals surface area (Å²) in [6.45, 7) is 0. The molecule has 5 aromatic rings. The number of para-hydroxylation sites is 2. The Labute approximate surface area is 201 Å². The molecule has 3 heterocycles. The summed E-state index contributed by atoms with van der Waals surface area (Å²) in [6, 6.07) is 15.7. The van der Waals surface area contributed by atoms with Gasteiger partial charge >= 0.3 is 0 Å². The zero-order chi connectivity index (χ0) is 22.5. The Kier molecular flexibility index (Phi) is 4.92. The summed E-state index contributed by atoms with van der Waals surface area (Å²) >= 11 is 5.07. The largest absolute Gasteiger partial charge is 0.438 e. The van der Waals surface area contributed by atoms with E-state index in [9.17, 15) is 4.79 Å². The van der Waals surface area contributed by atoms with Gasteiger partial charge in [-0.2, -0.15) is 0 Å². The number of H-pyrrole nitrogens is 1. The fourth-order valence-corrected chi connectivity index (χ4v) is 6.05. The number of amides is 1. The second kappa shape index (κ2) is 7.97. The normalized spacial score (nSPS) is 14.2. The summed E-state index contributed by atoms with van der Waals surface area (Å²) in [5.74, 6) is 0.214. The van der Waals surface area contributed by atoms with Gasteiger partial charge in [0, 0.05) is 14.7 Å². The lowest BCUT2D eigenvalue weighted by atomic mass is 9.95. The summed E-state index contributed by atoms with van der Waals surface area (Å²) < 4.78 is 7.23. The predicted molar refractivity (Wildman–Crippen MR) is 134 cm³/mol. The Morgan fingerprint density at radius 2 is 2.00 bits per heavy atom. The molecule has 1 aliphatic rings. The average Bonchev–Trinajstić information content (AvgIpc) is 3.39. The molecule has 8 heteroatoms. The molecule has 164 valence electrons. The zero-order valence-electron chi connectivity index (χ0n) is 17.5. The van der Waals surface area contributed by atoms with Crippen molar-refractivity contribution in [1.82, 2.24) is 9.97 Å². The molecule has 0 fully saturated rings. The van der Waals surface area contributed by atoms with Crippen LogP contribution in [0.3, 0.4) is 0 Å². The number of aromatic amines is 1. The van der Waals surface area contributed by atoms with E-state index in [0.717, 1.165) is 57.7 Å². The number of carbonyl (C=O) groups is 1. The summed E-state index contributed by atoms with van der Waals surface area (Å²) in [6.07, 6.45) is 3.99. The second-order valence-electron chi connectivity index (χ2n) is 8.12. The zero-order valence-corrected chi connectivity index (χ0v) is 19.9. The van der Waals surface area contributed by atoms with Crippen LogP contribution in [0.1, 0.15) is 33.6 Å². The van der Waals surface area contributed by atoms with Gasteiger partial charge in [-0.25, -0.2) is 9.98 Å². The number of benzene rings is 2. The minimum atomic E-state index is -0.442. The van der Waals surface area contributed by atoms with Crippen molar-refractivity contribution >= 4 is 60.2 Å². The number of aromatic nitrogens is 2. The van der Waals surface area contributed by atoms with E-state index in [-0.39, 0.29) is 0 Å². The minimum absolute atomic E-state index is 0.393. The Hall–Kier alpha value is -3.23. The molecule has 33 heavy (non-hydrogen) atoms. The maximum absolute atomic E-state index is 12.4. The molecular formula is C25H19BrN4O2S. The number of nitrogens with one attached hydrogen (secondary N) is 1. The smallest absolute Gasteiger partial charge is 0.252 e. The third-order valence-corrected chi connectivity index (χ3v) is 7.63. The molecule has 0 saturated heterocycles. The van der Waals surface area contributed by atoms with Crippen molar-refractivity contribution in [3.8, 4) is 11.4 Å². The number of nitrogens with two attached hydrogens (primary N) is 1. The van der Waals surface area contributed by atoms with E-state index in [1.165, 1.54) is 16.2 Å². The first-order valence-electron chi connectivity index (χ1n) is 10.7. The molecule has 0 atom stereocenters. The molecule has 1 aliphatic carbocycles. The highest BCUT2D eigenvalue weighted by Crippen LogP contribution is 2.39. The van der Waals surface area contributed by atoms with Crippen LogP contribution < -0.4 is 11.3 Å². The number of nitrogens with zero attached hydrogens (tertiary/aromatic N) is 2. The van der Waals surface area contributed by atoms with Crippen LogP contribution in [0.4, 0.5) is 5.00 Å². The minimum Gasteiger partial charge on any atom is -0.438 e. The van der Waals surface area contributed by atoms with Gasteiger partial charge in [-0.3, -0.25) is 4.79 Å². The Morgan fingerprint density at radius 3 is 2.85 bits per heavy atom. The van der Waals surface area contributed by atoms with Gasteiger partial charge in [0.1, 0.15) is 16.4 Å². The van der Waals surface area contributed by atoms with E-state index < -0.39 is 5.91 Å². The number of imidazole rings is 1. The quantitative estimate of drug-likeness (QED) is 0.306. The lowest BCUT2D eigenvalue weighted by Crippen LogP contribution is -2.15. The van der Waals surface area contributed by atoms with E-state index in [1.807, 2.05) is 48.5 Å². The number of hydrogen-bond donors (Lipinski definition) is 2. The number of primary amides is 1. The van der Waals surface area contributed by atoms with Gasteiger partial charge in [-0.05, 0) is 67.6 Å². The lowest BCUT2D eigenvalue weighted by Gasteiger charge is -2.10. The van der Waals surface area contributed by atoms with Crippen molar-refractivity contribution in [3.05, 3.63) is 74.6 Å². The van der Waals surface area contributed by atoms with E-state index in [4.69, 9.17) is 20.1 Å². The summed E-state index contributed by atoms with van der Waals surface area (Å²) in [5, 5.41) is 1.52. The fraction of sp³-hybridized carbons (Fsp3) is 0.160. The molecule has 0 bridgehead atoms.